The van der Waals surface area contributed by atoms with Crippen molar-refractivity contribution in [3.05, 3.63) is 34.1 Å². The zero-order valence-corrected chi connectivity index (χ0v) is 12.1. The van der Waals surface area contributed by atoms with Gasteiger partial charge in [-0.1, -0.05) is 12.1 Å². The van der Waals surface area contributed by atoms with E-state index in [0.29, 0.717) is 10.0 Å². The molecule has 0 atom stereocenters. The lowest BCUT2D eigenvalue weighted by Gasteiger charge is -2.31. The van der Waals surface area contributed by atoms with Crippen LogP contribution in [0.25, 0.3) is 0 Å². The van der Waals surface area contributed by atoms with E-state index < -0.39 is 5.54 Å². The summed E-state index contributed by atoms with van der Waals surface area (Å²) in [5.41, 5.74) is 0.135. The molecule has 0 spiro atoms. The molecule has 1 aromatic rings. The Morgan fingerprint density at radius 1 is 1.41 bits per heavy atom. The largest absolute Gasteiger partial charge is 0.298 e. The van der Waals surface area contributed by atoms with E-state index in [2.05, 4.69) is 15.9 Å². The first-order chi connectivity index (χ1) is 7.76. The average molecular weight is 302 g/mol. The highest BCUT2D eigenvalue weighted by molar-refractivity contribution is 9.10. The van der Waals surface area contributed by atoms with E-state index in [1.54, 1.807) is 12.1 Å². The fourth-order valence-corrected chi connectivity index (χ4v) is 1.73. The van der Waals surface area contributed by atoms with Crippen molar-refractivity contribution in [2.45, 2.75) is 25.8 Å². The Labute approximate surface area is 110 Å². The van der Waals surface area contributed by atoms with E-state index in [1.807, 2.05) is 32.8 Å². The van der Waals surface area contributed by atoms with Gasteiger partial charge in [-0.25, -0.2) is 4.39 Å². The van der Waals surface area contributed by atoms with E-state index in [0.717, 1.165) is 0 Å². The molecule has 4 heteroatoms. The predicted octanol–water partition coefficient (Wildman–Crippen LogP) is 3.04. The Morgan fingerprint density at radius 2 is 2.00 bits per heavy atom. The van der Waals surface area contributed by atoms with Crippen LogP contribution in [-0.2, 0) is 11.2 Å². The second-order valence-electron chi connectivity index (χ2n) is 4.77. The molecule has 0 aliphatic rings. The Hall–Kier alpha value is -0.740. The molecule has 0 aromatic heterocycles. The number of likely N-dealkylation sites (N-methyl/N-ethyl adjacent to an activating group) is 1. The smallest absolute Gasteiger partial charge is 0.156 e. The van der Waals surface area contributed by atoms with Crippen molar-refractivity contribution < 1.29 is 9.18 Å². The fourth-order valence-electron chi connectivity index (χ4n) is 1.32. The minimum Gasteiger partial charge on any atom is -0.298 e. The van der Waals surface area contributed by atoms with Crippen LogP contribution in [0.3, 0.4) is 0 Å². The summed E-state index contributed by atoms with van der Waals surface area (Å²) >= 11 is 3.17. The highest BCUT2D eigenvalue weighted by atomic mass is 79.9. The van der Waals surface area contributed by atoms with Crippen LogP contribution in [0.1, 0.15) is 19.4 Å². The Kier molecular flexibility index (Phi) is 4.44. The van der Waals surface area contributed by atoms with E-state index in [1.165, 1.54) is 6.07 Å². The summed E-state index contributed by atoms with van der Waals surface area (Å²) in [6, 6.07) is 4.75. The molecule has 1 rings (SSSR count). The Bertz CT molecular complexity index is 429. The van der Waals surface area contributed by atoms with E-state index in [4.69, 9.17) is 0 Å². The first-order valence-electron chi connectivity index (χ1n) is 5.40. The molecule has 0 saturated heterocycles. The van der Waals surface area contributed by atoms with Crippen molar-refractivity contribution >= 4 is 21.7 Å². The lowest BCUT2D eigenvalue weighted by Crippen LogP contribution is -2.46. The summed E-state index contributed by atoms with van der Waals surface area (Å²) in [5, 5.41) is 0. The Morgan fingerprint density at radius 3 is 2.53 bits per heavy atom. The van der Waals surface area contributed by atoms with E-state index in [9.17, 15) is 9.18 Å². The highest BCUT2D eigenvalue weighted by Crippen LogP contribution is 2.23. The molecule has 0 bridgehead atoms. The van der Waals surface area contributed by atoms with Gasteiger partial charge in [0.25, 0.3) is 0 Å². The summed E-state index contributed by atoms with van der Waals surface area (Å²) in [6.07, 6.45) is 0.226. The van der Waals surface area contributed by atoms with Crippen molar-refractivity contribution in [3.8, 4) is 0 Å². The third-order valence-electron chi connectivity index (χ3n) is 3.18. The minimum absolute atomic E-state index is 0.0637. The molecular weight excluding hydrogens is 285 g/mol. The maximum atomic E-state index is 13.3. The molecule has 17 heavy (non-hydrogen) atoms. The number of Topliss-reactive ketones (excluding diaryl/α,β-unsaturated/α-hetero) is 1. The van der Waals surface area contributed by atoms with Crippen LogP contribution >= 0.6 is 15.9 Å². The number of hydrogen-bond acceptors (Lipinski definition) is 2. The fraction of sp³-hybridized carbons (Fsp3) is 0.462. The summed E-state index contributed by atoms with van der Waals surface area (Å²) in [5.74, 6) is -0.272. The molecule has 0 fully saturated rings. The summed E-state index contributed by atoms with van der Waals surface area (Å²) < 4.78 is 13.7. The van der Waals surface area contributed by atoms with Gasteiger partial charge in [0.1, 0.15) is 5.82 Å². The van der Waals surface area contributed by atoms with Crippen molar-refractivity contribution in [3.63, 3.8) is 0 Å². The van der Waals surface area contributed by atoms with Gasteiger partial charge >= 0.3 is 0 Å². The third-order valence-corrected chi connectivity index (χ3v) is 4.07. The number of nitrogens with zero attached hydrogens (tertiary/aromatic N) is 1. The maximum Gasteiger partial charge on any atom is 0.156 e. The second-order valence-corrected chi connectivity index (χ2v) is 5.56. The molecule has 0 radical (unpaired) electrons. The highest BCUT2D eigenvalue weighted by Gasteiger charge is 2.29. The SMILES string of the molecule is CN(C)C(C)(C)C(=O)Cc1cccc(F)c1Br. The molecule has 0 aliphatic heterocycles. The van der Waals surface area contributed by atoms with Gasteiger partial charge in [-0.3, -0.25) is 9.69 Å². The van der Waals surface area contributed by atoms with Gasteiger partial charge in [-0.05, 0) is 55.5 Å². The normalized spacial score (nSPS) is 11.9. The zero-order chi connectivity index (χ0) is 13.2. The minimum atomic E-state index is -0.550. The molecular formula is C13H17BrFNO. The molecule has 0 saturated carbocycles. The molecule has 0 unspecified atom stereocenters. The number of rotatable bonds is 4. The molecule has 0 N–H and O–H groups in total. The zero-order valence-electron chi connectivity index (χ0n) is 10.6. The molecule has 2 nitrogen and oxygen atoms in total. The van der Waals surface area contributed by atoms with Gasteiger partial charge in [0, 0.05) is 6.42 Å². The van der Waals surface area contributed by atoms with Gasteiger partial charge < -0.3 is 0 Å². The quantitative estimate of drug-likeness (QED) is 0.852. The summed E-state index contributed by atoms with van der Waals surface area (Å²) in [4.78, 5) is 14.0. The number of hydrogen-bond donors (Lipinski definition) is 0. The van der Waals surface area contributed by atoms with Crippen molar-refractivity contribution in [2.75, 3.05) is 14.1 Å². The van der Waals surface area contributed by atoms with Crippen molar-refractivity contribution in [1.29, 1.82) is 0 Å². The summed E-state index contributed by atoms with van der Waals surface area (Å²) in [6.45, 7) is 3.73. The predicted molar refractivity (Wildman–Crippen MR) is 70.6 cm³/mol. The van der Waals surface area contributed by atoms with Crippen molar-refractivity contribution in [2.24, 2.45) is 0 Å². The molecule has 1 aromatic carbocycles. The van der Waals surface area contributed by atoms with Gasteiger partial charge in [0.2, 0.25) is 0 Å². The van der Waals surface area contributed by atoms with Gasteiger partial charge in [-0.15, -0.1) is 0 Å². The van der Waals surface area contributed by atoms with Gasteiger partial charge in [0.05, 0.1) is 10.0 Å². The first-order valence-corrected chi connectivity index (χ1v) is 6.19. The number of halogens is 2. The first kappa shape index (κ1) is 14.3. The Balaban J connectivity index is 2.93. The van der Waals surface area contributed by atoms with Crippen LogP contribution in [0.2, 0.25) is 0 Å². The maximum absolute atomic E-state index is 13.3. The summed E-state index contributed by atoms with van der Waals surface area (Å²) in [7, 11) is 3.72. The van der Waals surface area contributed by atoms with Crippen LogP contribution in [-0.4, -0.2) is 30.3 Å². The van der Waals surface area contributed by atoms with Gasteiger partial charge in [0.15, 0.2) is 5.78 Å². The van der Waals surface area contributed by atoms with E-state index in [-0.39, 0.29) is 18.0 Å². The average Bonchev–Trinajstić information content (AvgIpc) is 2.24. The topological polar surface area (TPSA) is 20.3 Å². The van der Waals surface area contributed by atoms with Crippen LogP contribution in [0.5, 0.6) is 0 Å². The lowest BCUT2D eigenvalue weighted by molar-refractivity contribution is -0.127. The number of benzene rings is 1. The van der Waals surface area contributed by atoms with Crippen LogP contribution < -0.4 is 0 Å². The number of carbonyl (C=O) groups excluding carboxylic acids is 1. The van der Waals surface area contributed by atoms with Crippen LogP contribution in [0.15, 0.2) is 22.7 Å². The second kappa shape index (κ2) is 5.27. The van der Waals surface area contributed by atoms with Crippen molar-refractivity contribution in [1.82, 2.24) is 4.90 Å². The lowest BCUT2D eigenvalue weighted by atomic mass is 9.92. The molecule has 0 amide bonds. The monoisotopic (exact) mass is 301 g/mol. The molecule has 94 valence electrons. The van der Waals surface area contributed by atoms with E-state index >= 15 is 0 Å². The molecule has 0 aliphatic carbocycles. The molecule has 0 heterocycles. The number of carbonyl (C=O) groups is 1. The van der Waals surface area contributed by atoms with Crippen LogP contribution in [0, 0.1) is 5.82 Å². The van der Waals surface area contributed by atoms with Crippen LogP contribution in [0.4, 0.5) is 4.39 Å². The third kappa shape index (κ3) is 3.13. The standard InChI is InChI=1S/C13H17BrFNO/c1-13(2,16(3)4)11(17)8-9-6-5-7-10(15)12(9)14/h5-7H,8H2,1-4H3. The number of ketones is 1. The van der Waals surface area contributed by atoms with Gasteiger partial charge in [-0.2, -0.15) is 0 Å².